The SMILES string of the molecule is N#CCCN(Cc1cccnc1)C(=O)CCCOc1ccccc1. The number of hydrogen-bond donors (Lipinski definition) is 0. The monoisotopic (exact) mass is 323 g/mol. The normalized spacial score (nSPS) is 9.96. The highest BCUT2D eigenvalue weighted by molar-refractivity contribution is 5.76. The van der Waals surface area contributed by atoms with Crippen LogP contribution < -0.4 is 4.74 Å². The second-order valence-corrected chi connectivity index (χ2v) is 5.35. The average Bonchev–Trinajstić information content (AvgIpc) is 2.64. The molecule has 1 aromatic carbocycles. The van der Waals surface area contributed by atoms with Gasteiger partial charge in [0.25, 0.3) is 0 Å². The molecule has 124 valence electrons. The van der Waals surface area contributed by atoms with Crippen LogP contribution in [0.4, 0.5) is 0 Å². The summed E-state index contributed by atoms with van der Waals surface area (Å²) < 4.78 is 5.60. The fourth-order valence-corrected chi connectivity index (χ4v) is 2.28. The molecule has 1 aromatic heterocycles. The lowest BCUT2D eigenvalue weighted by Gasteiger charge is -2.21. The van der Waals surface area contributed by atoms with E-state index in [0.29, 0.717) is 39.0 Å². The van der Waals surface area contributed by atoms with Crippen molar-refractivity contribution in [1.82, 2.24) is 9.88 Å². The predicted octanol–water partition coefficient (Wildman–Crippen LogP) is 3.18. The number of nitriles is 1. The van der Waals surface area contributed by atoms with E-state index in [1.807, 2.05) is 42.5 Å². The zero-order valence-electron chi connectivity index (χ0n) is 13.6. The van der Waals surface area contributed by atoms with Crippen molar-refractivity contribution >= 4 is 5.91 Å². The zero-order valence-corrected chi connectivity index (χ0v) is 13.6. The van der Waals surface area contributed by atoms with Crippen LogP contribution in [-0.2, 0) is 11.3 Å². The number of ether oxygens (including phenoxy) is 1. The van der Waals surface area contributed by atoms with E-state index in [0.717, 1.165) is 11.3 Å². The first-order valence-corrected chi connectivity index (χ1v) is 8.01. The average molecular weight is 323 g/mol. The van der Waals surface area contributed by atoms with E-state index < -0.39 is 0 Å². The summed E-state index contributed by atoms with van der Waals surface area (Å²) in [6, 6.07) is 15.4. The fourth-order valence-electron chi connectivity index (χ4n) is 2.28. The van der Waals surface area contributed by atoms with Gasteiger partial charge in [0.1, 0.15) is 5.75 Å². The number of aromatic nitrogens is 1. The van der Waals surface area contributed by atoms with E-state index >= 15 is 0 Å². The van der Waals surface area contributed by atoms with E-state index in [1.165, 1.54) is 0 Å². The first kappa shape index (κ1) is 17.5. The van der Waals surface area contributed by atoms with Crippen LogP contribution in [0.3, 0.4) is 0 Å². The molecule has 1 heterocycles. The number of amides is 1. The Hall–Kier alpha value is -2.87. The van der Waals surface area contributed by atoms with Gasteiger partial charge in [-0.25, -0.2) is 0 Å². The maximum atomic E-state index is 12.4. The van der Waals surface area contributed by atoms with E-state index in [2.05, 4.69) is 11.1 Å². The molecule has 2 rings (SSSR count). The fraction of sp³-hybridized carbons (Fsp3) is 0.316. The third-order valence-electron chi connectivity index (χ3n) is 3.49. The molecular formula is C19H21N3O2. The van der Waals surface area contributed by atoms with Crippen molar-refractivity contribution < 1.29 is 9.53 Å². The molecule has 0 saturated heterocycles. The summed E-state index contributed by atoms with van der Waals surface area (Å²) >= 11 is 0. The van der Waals surface area contributed by atoms with E-state index in [4.69, 9.17) is 10.00 Å². The zero-order chi connectivity index (χ0) is 17.0. The summed E-state index contributed by atoms with van der Waals surface area (Å²) in [5.74, 6) is 0.840. The number of para-hydroxylation sites is 1. The van der Waals surface area contributed by atoms with Crippen LogP contribution in [0, 0.1) is 11.3 Å². The Labute approximate surface area is 142 Å². The molecule has 0 saturated carbocycles. The smallest absolute Gasteiger partial charge is 0.223 e. The van der Waals surface area contributed by atoms with Crippen molar-refractivity contribution in [3.63, 3.8) is 0 Å². The molecule has 5 heteroatoms. The van der Waals surface area contributed by atoms with Crippen molar-refractivity contribution in [2.75, 3.05) is 13.2 Å². The summed E-state index contributed by atoms with van der Waals surface area (Å²) in [5, 5.41) is 8.78. The standard InChI is InChI=1S/C19H21N3O2/c20-11-6-13-22(16-17-7-4-12-21-15-17)19(23)10-5-14-24-18-8-2-1-3-9-18/h1-4,7-9,12,15H,5-6,10,13-14,16H2. The summed E-state index contributed by atoms with van der Waals surface area (Å²) in [5.41, 5.74) is 0.962. The van der Waals surface area contributed by atoms with Crippen LogP contribution >= 0.6 is 0 Å². The second-order valence-electron chi connectivity index (χ2n) is 5.35. The van der Waals surface area contributed by atoms with Gasteiger partial charge in [-0.3, -0.25) is 9.78 Å². The first-order valence-electron chi connectivity index (χ1n) is 8.01. The lowest BCUT2D eigenvalue weighted by Crippen LogP contribution is -2.31. The highest BCUT2D eigenvalue weighted by atomic mass is 16.5. The van der Waals surface area contributed by atoms with Crippen molar-refractivity contribution in [1.29, 1.82) is 5.26 Å². The third-order valence-corrected chi connectivity index (χ3v) is 3.49. The highest BCUT2D eigenvalue weighted by Crippen LogP contribution is 2.10. The largest absolute Gasteiger partial charge is 0.494 e. The number of nitrogens with zero attached hydrogens (tertiary/aromatic N) is 3. The second kappa shape index (κ2) is 10.0. The molecule has 0 fully saturated rings. The van der Waals surface area contributed by atoms with E-state index in [9.17, 15) is 4.79 Å². The molecule has 0 atom stereocenters. The molecule has 1 amide bonds. The highest BCUT2D eigenvalue weighted by Gasteiger charge is 2.13. The van der Waals surface area contributed by atoms with E-state index in [-0.39, 0.29) is 5.91 Å². The number of carbonyl (C=O) groups excluding carboxylic acids is 1. The Balaban J connectivity index is 1.80. The van der Waals surface area contributed by atoms with Gasteiger partial charge in [0.2, 0.25) is 5.91 Å². The Morgan fingerprint density at radius 2 is 2.04 bits per heavy atom. The van der Waals surface area contributed by atoms with Crippen LogP contribution in [0.15, 0.2) is 54.9 Å². The quantitative estimate of drug-likeness (QED) is 0.665. The van der Waals surface area contributed by atoms with Gasteiger partial charge in [0, 0.05) is 31.9 Å². The third kappa shape index (κ3) is 6.09. The van der Waals surface area contributed by atoms with Gasteiger partial charge < -0.3 is 9.64 Å². The number of carbonyl (C=O) groups is 1. The summed E-state index contributed by atoms with van der Waals surface area (Å²) in [4.78, 5) is 18.2. The molecule has 0 radical (unpaired) electrons. The predicted molar refractivity (Wildman–Crippen MR) is 91.1 cm³/mol. The molecule has 0 unspecified atom stereocenters. The molecule has 24 heavy (non-hydrogen) atoms. The van der Waals surface area contributed by atoms with Crippen LogP contribution in [0.2, 0.25) is 0 Å². The summed E-state index contributed by atoms with van der Waals surface area (Å²) in [6.07, 6.45) is 4.81. The van der Waals surface area contributed by atoms with Gasteiger partial charge in [0.05, 0.1) is 19.1 Å². The lowest BCUT2D eigenvalue weighted by molar-refractivity contribution is -0.132. The van der Waals surface area contributed by atoms with Gasteiger partial charge in [-0.1, -0.05) is 24.3 Å². The van der Waals surface area contributed by atoms with Crippen molar-refractivity contribution in [3.05, 3.63) is 60.4 Å². The van der Waals surface area contributed by atoms with Crippen molar-refractivity contribution in [2.24, 2.45) is 0 Å². The van der Waals surface area contributed by atoms with Crippen LogP contribution in [0.5, 0.6) is 5.75 Å². The minimum absolute atomic E-state index is 0.0331. The molecule has 0 spiro atoms. The maximum absolute atomic E-state index is 12.4. The Morgan fingerprint density at radius 3 is 2.75 bits per heavy atom. The van der Waals surface area contributed by atoms with Gasteiger partial charge in [-0.15, -0.1) is 0 Å². The summed E-state index contributed by atoms with van der Waals surface area (Å²) in [6.45, 7) is 1.41. The number of rotatable bonds is 9. The minimum atomic E-state index is 0.0331. The van der Waals surface area contributed by atoms with Gasteiger partial charge in [0.15, 0.2) is 0 Å². The number of hydrogen-bond acceptors (Lipinski definition) is 4. The maximum Gasteiger partial charge on any atom is 0.223 e. The molecule has 2 aromatic rings. The first-order chi connectivity index (χ1) is 11.8. The molecule has 0 aliphatic heterocycles. The number of pyridine rings is 1. The lowest BCUT2D eigenvalue weighted by atomic mass is 10.2. The van der Waals surface area contributed by atoms with Crippen molar-refractivity contribution in [2.45, 2.75) is 25.8 Å². The van der Waals surface area contributed by atoms with Gasteiger partial charge in [-0.05, 0) is 30.2 Å². The Bertz CT molecular complexity index is 653. The Kier molecular flexibility index (Phi) is 7.29. The van der Waals surface area contributed by atoms with Crippen LogP contribution in [-0.4, -0.2) is 28.9 Å². The molecule has 5 nitrogen and oxygen atoms in total. The van der Waals surface area contributed by atoms with Gasteiger partial charge >= 0.3 is 0 Å². The molecule has 0 N–H and O–H groups in total. The molecule has 0 aliphatic carbocycles. The number of benzene rings is 1. The molecular weight excluding hydrogens is 302 g/mol. The van der Waals surface area contributed by atoms with Crippen LogP contribution in [0.1, 0.15) is 24.8 Å². The molecule has 0 bridgehead atoms. The van der Waals surface area contributed by atoms with Gasteiger partial charge in [-0.2, -0.15) is 5.26 Å². The topological polar surface area (TPSA) is 66.2 Å². The van der Waals surface area contributed by atoms with E-state index in [1.54, 1.807) is 17.3 Å². The Morgan fingerprint density at radius 1 is 1.21 bits per heavy atom. The van der Waals surface area contributed by atoms with Crippen molar-refractivity contribution in [3.8, 4) is 11.8 Å². The van der Waals surface area contributed by atoms with Crippen LogP contribution in [0.25, 0.3) is 0 Å². The molecule has 0 aliphatic rings. The minimum Gasteiger partial charge on any atom is -0.494 e. The summed E-state index contributed by atoms with van der Waals surface area (Å²) in [7, 11) is 0.